The molecule has 0 bridgehead atoms. The molecule has 0 aromatic rings. The fraction of sp³-hybridized carbons (Fsp3) is 0.750. The van der Waals surface area contributed by atoms with Gasteiger partial charge in [-0.05, 0) is 31.4 Å². The van der Waals surface area contributed by atoms with E-state index in [1.165, 1.54) is 38.5 Å². The molecule has 1 fully saturated rings. The van der Waals surface area contributed by atoms with Crippen LogP contribution in [0.25, 0.3) is 0 Å². The monoisotopic (exact) mass is 228 g/mol. The number of methoxy groups -OCH3 is 1. The van der Waals surface area contributed by atoms with E-state index in [9.17, 15) is 4.79 Å². The average Bonchev–Trinajstić information content (AvgIpc) is 2.75. The van der Waals surface area contributed by atoms with Crippen LogP contribution >= 0.6 is 11.8 Å². The summed E-state index contributed by atoms with van der Waals surface area (Å²) in [6.45, 7) is 1.81. The van der Waals surface area contributed by atoms with E-state index in [4.69, 9.17) is 0 Å². The average molecular weight is 228 g/mol. The molecular formula is C12H20O2S. The molecule has 0 aliphatic heterocycles. The standard InChI is InChI=1S/C12H20O2S/c1-10(12(13)14-2)7-8-15-9-11-5-3-4-6-11/h7,11H,3-6,8-9H2,1-2H3. The van der Waals surface area contributed by atoms with Gasteiger partial charge in [-0.2, -0.15) is 11.8 Å². The molecule has 1 aliphatic rings. The summed E-state index contributed by atoms with van der Waals surface area (Å²) in [5, 5.41) is 0. The second-order valence-electron chi connectivity index (χ2n) is 4.07. The molecule has 0 unspecified atom stereocenters. The molecule has 0 N–H and O–H groups in total. The third kappa shape index (κ3) is 4.74. The first-order chi connectivity index (χ1) is 7.24. The Hall–Kier alpha value is -0.440. The molecule has 0 saturated heterocycles. The van der Waals surface area contributed by atoms with Crippen molar-refractivity contribution in [2.45, 2.75) is 32.6 Å². The molecule has 0 amide bonds. The molecule has 3 heteroatoms. The van der Waals surface area contributed by atoms with Crippen LogP contribution in [0, 0.1) is 5.92 Å². The predicted octanol–water partition coefficient (Wildman–Crippen LogP) is 3.03. The largest absolute Gasteiger partial charge is 0.466 e. The van der Waals surface area contributed by atoms with Gasteiger partial charge >= 0.3 is 5.97 Å². The molecule has 0 spiro atoms. The normalized spacial score (nSPS) is 18.1. The van der Waals surface area contributed by atoms with Crippen LogP contribution < -0.4 is 0 Å². The van der Waals surface area contributed by atoms with Crippen LogP contribution in [0.15, 0.2) is 11.6 Å². The number of rotatable bonds is 5. The summed E-state index contributed by atoms with van der Waals surface area (Å²) in [6.07, 6.45) is 7.56. The van der Waals surface area contributed by atoms with E-state index >= 15 is 0 Å². The lowest BCUT2D eigenvalue weighted by atomic mass is 10.1. The van der Waals surface area contributed by atoms with Gasteiger partial charge in [-0.3, -0.25) is 0 Å². The van der Waals surface area contributed by atoms with Crippen molar-refractivity contribution in [2.24, 2.45) is 5.92 Å². The van der Waals surface area contributed by atoms with Crippen LogP contribution in [0.1, 0.15) is 32.6 Å². The Balaban J connectivity index is 2.11. The summed E-state index contributed by atoms with van der Waals surface area (Å²) < 4.78 is 4.63. The zero-order valence-corrected chi connectivity index (χ0v) is 10.4. The van der Waals surface area contributed by atoms with Gasteiger partial charge in [0.2, 0.25) is 0 Å². The third-order valence-electron chi connectivity index (χ3n) is 2.84. The summed E-state index contributed by atoms with van der Waals surface area (Å²) in [4.78, 5) is 11.1. The van der Waals surface area contributed by atoms with Crippen molar-refractivity contribution in [1.82, 2.24) is 0 Å². The lowest BCUT2D eigenvalue weighted by molar-refractivity contribution is -0.136. The van der Waals surface area contributed by atoms with Gasteiger partial charge < -0.3 is 4.74 Å². The number of esters is 1. The maximum Gasteiger partial charge on any atom is 0.333 e. The Morgan fingerprint density at radius 3 is 2.73 bits per heavy atom. The van der Waals surface area contributed by atoms with Gasteiger partial charge in [-0.15, -0.1) is 0 Å². The first kappa shape index (κ1) is 12.6. The fourth-order valence-corrected chi connectivity index (χ4v) is 3.01. The summed E-state index contributed by atoms with van der Waals surface area (Å²) in [5.74, 6) is 2.88. The smallest absolute Gasteiger partial charge is 0.333 e. The molecule has 15 heavy (non-hydrogen) atoms. The van der Waals surface area contributed by atoms with Gasteiger partial charge in [-0.1, -0.05) is 18.9 Å². The van der Waals surface area contributed by atoms with E-state index in [1.807, 2.05) is 24.8 Å². The molecule has 0 aromatic heterocycles. The highest BCUT2D eigenvalue weighted by molar-refractivity contribution is 7.99. The van der Waals surface area contributed by atoms with Crippen molar-refractivity contribution in [1.29, 1.82) is 0 Å². The van der Waals surface area contributed by atoms with Crippen molar-refractivity contribution in [2.75, 3.05) is 18.6 Å². The Bertz CT molecular complexity index is 230. The van der Waals surface area contributed by atoms with Crippen LogP contribution in [0.3, 0.4) is 0 Å². The maximum atomic E-state index is 11.1. The predicted molar refractivity (Wildman–Crippen MR) is 65.1 cm³/mol. The van der Waals surface area contributed by atoms with Crippen molar-refractivity contribution in [3.63, 3.8) is 0 Å². The lowest BCUT2D eigenvalue weighted by Crippen LogP contribution is -2.02. The molecule has 1 aliphatic carbocycles. The topological polar surface area (TPSA) is 26.3 Å². The molecule has 0 heterocycles. The van der Waals surface area contributed by atoms with E-state index in [0.29, 0.717) is 0 Å². The number of hydrogen-bond donors (Lipinski definition) is 0. The minimum Gasteiger partial charge on any atom is -0.466 e. The van der Waals surface area contributed by atoms with Crippen molar-refractivity contribution < 1.29 is 9.53 Å². The van der Waals surface area contributed by atoms with E-state index < -0.39 is 0 Å². The Morgan fingerprint density at radius 1 is 1.47 bits per heavy atom. The number of hydrogen-bond acceptors (Lipinski definition) is 3. The quantitative estimate of drug-likeness (QED) is 0.411. The van der Waals surface area contributed by atoms with Crippen molar-refractivity contribution in [3.8, 4) is 0 Å². The highest BCUT2D eigenvalue weighted by Gasteiger charge is 2.14. The van der Waals surface area contributed by atoms with Crippen molar-refractivity contribution >= 4 is 17.7 Å². The number of thioether (sulfide) groups is 1. The summed E-state index contributed by atoms with van der Waals surface area (Å²) in [5.41, 5.74) is 0.719. The van der Waals surface area contributed by atoms with Gasteiger partial charge in [0.1, 0.15) is 0 Å². The Kier molecular flexibility index (Phi) is 5.84. The molecule has 0 atom stereocenters. The molecule has 0 radical (unpaired) electrons. The highest BCUT2D eigenvalue weighted by Crippen LogP contribution is 2.27. The summed E-state index contributed by atoms with van der Waals surface area (Å²) in [6, 6.07) is 0. The number of carbonyl (C=O) groups is 1. The highest BCUT2D eigenvalue weighted by atomic mass is 32.2. The Morgan fingerprint density at radius 2 is 2.13 bits per heavy atom. The SMILES string of the molecule is COC(=O)C(C)=CCSCC1CCCC1. The second kappa shape index (κ2) is 6.94. The minimum absolute atomic E-state index is 0.212. The molecule has 2 nitrogen and oxygen atoms in total. The zero-order valence-electron chi connectivity index (χ0n) is 9.62. The van der Waals surface area contributed by atoms with Gasteiger partial charge in [0.05, 0.1) is 7.11 Å². The van der Waals surface area contributed by atoms with E-state index in [0.717, 1.165) is 17.2 Å². The first-order valence-corrected chi connectivity index (χ1v) is 6.72. The first-order valence-electron chi connectivity index (χ1n) is 5.57. The van der Waals surface area contributed by atoms with Gasteiger partial charge in [-0.25, -0.2) is 4.79 Å². The van der Waals surface area contributed by atoms with Crippen LogP contribution in [-0.2, 0) is 9.53 Å². The minimum atomic E-state index is -0.212. The van der Waals surface area contributed by atoms with Crippen LogP contribution in [0.2, 0.25) is 0 Å². The van der Waals surface area contributed by atoms with Crippen LogP contribution in [0.4, 0.5) is 0 Å². The lowest BCUT2D eigenvalue weighted by Gasteiger charge is -2.06. The zero-order chi connectivity index (χ0) is 11.1. The number of carbonyl (C=O) groups excluding carboxylic acids is 1. The number of ether oxygens (including phenoxy) is 1. The molecule has 0 aromatic carbocycles. The van der Waals surface area contributed by atoms with Crippen molar-refractivity contribution in [3.05, 3.63) is 11.6 Å². The maximum absolute atomic E-state index is 11.1. The van der Waals surface area contributed by atoms with Crippen LogP contribution in [0.5, 0.6) is 0 Å². The summed E-state index contributed by atoms with van der Waals surface area (Å²) in [7, 11) is 1.42. The Labute approximate surface area is 96.5 Å². The summed E-state index contributed by atoms with van der Waals surface area (Å²) >= 11 is 1.92. The molecule has 1 saturated carbocycles. The van der Waals surface area contributed by atoms with Gasteiger partial charge in [0.15, 0.2) is 0 Å². The molecule has 86 valence electrons. The molecule has 1 rings (SSSR count). The molecular weight excluding hydrogens is 208 g/mol. The second-order valence-corrected chi connectivity index (χ2v) is 5.14. The van der Waals surface area contributed by atoms with E-state index in [-0.39, 0.29) is 5.97 Å². The van der Waals surface area contributed by atoms with E-state index in [1.54, 1.807) is 0 Å². The fourth-order valence-electron chi connectivity index (χ4n) is 1.84. The van der Waals surface area contributed by atoms with Crippen LogP contribution in [-0.4, -0.2) is 24.6 Å². The van der Waals surface area contributed by atoms with Gasteiger partial charge in [0, 0.05) is 11.3 Å². The van der Waals surface area contributed by atoms with Gasteiger partial charge in [0.25, 0.3) is 0 Å². The van der Waals surface area contributed by atoms with E-state index in [2.05, 4.69) is 4.74 Å². The third-order valence-corrected chi connectivity index (χ3v) is 3.95.